The molecule has 1 aliphatic heterocycles. The molecular weight excluding hydrogens is 346 g/mol. The average Bonchev–Trinajstić information content (AvgIpc) is 3.03. The molecule has 0 aliphatic carbocycles. The predicted octanol–water partition coefficient (Wildman–Crippen LogP) is 4.15. The van der Waals surface area contributed by atoms with Crippen LogP contribution in [0.5, 0.6) is 0 Å². The lowest BCUT2D eigenvalue weighted by atomic mass is 10.0. The lowest BCUT2D eigenvalue weighted by Crippen LogP contribution is -2.40. The topological polar surface area (TPSA) is 76.1 Å². The first-order valence-corrected chi connectivity index (χ1v) is 8.77. The van der Waals surface area contributed by atoms with Crippen molar-refractivity contribution in [2.75, 3.05) is 0 Å². The zero-order valence-corrected chi connectivity index (χ0v) is 15.5. The molecule has 1 fully saturated rings. The molecule has 142 valence electrons. The molecule has 3 rings (SSSR count). The van der Waals surface area contributed by atoms with Crippen molar-refractivity contribution in [2.24, 2.45) is 0 Å². The lowest BCUT2D eigenvalue weighted by Gasteiger charge is -2.31. The summed E-state index contributed by atoms with van der Waals surface area (Å²) in [4.78, 5) is 26.3. The van der Waals surface area contributed by atoms with Crippen LogP contribution < -0.4 is 0 Å². The maximum Gasteiger partial charge on any atom is 0.413 e. The minimum absolute atomic E-state index is 0.617. The fraction of sp³-hybridized carbons (Fsp3) is 0.333. The van der Waals surface area contributed by atoms with Gasteiger partial charge < -0.3 is 14.6 Å². The molecule has 1 aliphatic rings. The highest BCUT2D eigenvalue weighted by atomic mass is 16.6. The Morgan fingerprint density at radius 1 is 0.963 bits per heavy atom. The summed E-state index contributed by atoms with van der Waals surface area (Å²) in [7, 11) is 0. The number of carboxylic acid groups (broad SMARTS) is 1. The molecule has 0 saturated carbocycles. The summed E-state index contributed by atoms with van der Waals surface area (Å²) in [6, 6.07) is 17.3. The summed E-state index contributed by atoms with van der Waals surface area (Å²) in [5.74, 6) is -1.13. The summed E-state index contributed by atoms with van der Waals surface area (Å²) >= 11 is 0. The molecule has 6 nitrogen and oxygen atoms in total. The molecule has 3 unspecified atom stereocenters. The molecule has 6 heteroatoms. The first-order chi connectivity index (χ1) is 12.8. The first-order valence-electron chi connectivity index (χ1n) is 8.77. The molecule has 2 aromatic rings. The Morgan fingerprint density at radius 3 is 1.96 bits per heavy atom. The number of nitrogens with zero attached hydrogens (tertiary/aromatic N) is 1. The van der Waals surface area contributed by atoms with Crippen LogP contribution >= 0.6 is 0 Å². The van der Waals surface area contributed by atoms with Gasteiger partial charge in [-0.2, -0.15) is 0 Å². The standard InChI is InChI=1S/C21H23NO5/c1-21(2,3)27-20(25)22-16(14-10-6-4-7-11-14)17(19(23)24)26-18(22)15-12-8-5-9-13-15/h4-13,16-18H,1-3H3,(H,23,24). The van der Waals surface area contributed by atoms with Crippen molar-refractivity contribution in [1.82, 2.24) is 4.90 Å². The van der Waals surface area contributed by atoms with Gasteiger partial charge in [-0.1, -0.05) is 60.7 Å². The third-order valence-corrected chi connectivity index (χ3v) is 4.19. The van der Waals surface area contributed by atoms with Crippen LogP contribution in [0.2, 0.25) is 0 Å². The van der Waals surface area contributed by atoms with Crippen molar-refractivity contribution in [1.29, 1.82) is 0 Å². The monoisotopic (exact) mass is 369 g/mol. The molecule has 0 bridgehead atoms. The Bertz CT molecular complexity index is 800. The number of hydrogen-bond donors (Lipinski definition) is 1. The van der Waals surface area contributed by atoms with E-state index in [0.717, 1.165) is 0 Å². The number of carbonyl (C=O) groups excluding carboxylic acids is 1. The number of amides is 1. The van der Waals surface area contributed by atoms with Gasteiger partial charge in [0.25, 0.3) is 0 Å². The van der Waals surface area contributed by atoms with Crippen LogP contribution in [0.15, 0.2) is 60.7 Å². The van der Waals surface area contributed by atoms with Crippen molar-refractivity contribution in [2.45, 2.75) is 44.7 Å². The van der Waals surface area contributed by atoms with E-state index in [9.17, 15) is 14.7 Å². The number of ether oxygens (including phenoxy) is 2. The summed E-state index contributed by atoms with van der Waals surface area (Å²) in [6.07, 6.45) is -2.67. The Kier molecular flexibility index (Phi) is 5.19. The van der Waals surface area contributed by atoms with Crippen molar-refractivity contribution in [3.05, 3.63) is 71.8 Å². The van der Waals surface area contributed by atoms with Crippen LogP contribution in [0.3, 0.4) is 0 Å². The van der Waals surface area contributed by atoms with Gasteiger partial charge >= 0.3 is 12.1 Å². The number of benzene rings is 2. The molecular formula is C21H23NO5. The van der Waals surface area contributed by atoms with Crippen molar-refractivity contribution >= 4 is 12.1 Å². The van der Waals surface area contributed by atoms with E-state index >= 15 is 0 Å². The molecule has 27 heavy (non-hydrogen) atoms. The largest absolute Gasteiger partial charge is 0.479 e. The van der Waals surface area contributed by atoms with Gasteiger partial charge in [0.05, 0.1) is 0 Å². The highest BCUT2D eigenvalue weighted by molar-refractivity contribution is 5.77. The zero-order valence-electron chi connectivity index (χ0n) is 15.5. The Balaban J connectivity index is 2.08. The Labute approximate surface area is 158 Å². The third kappa shape index (κ3) is 4.11. The number of rotatable bonds is 3. The van der Waals surface area contributed by atoms with Crippen LogP contribution in [0.4, 0.5) is 4.79 Å². The fourth-order valence-corrected chi connectivity index (χ4v) is 3.13. The van der Waals surface area contributed by atoms with Gasteiger partial charge in [0.1, 0.15) is 11.6 Å². The van der Waals surface area contributed by atoms with Crippen LogP contribution in [-0.4, -0.2) is 33.8 Å². The normalized spacial score (nSPS) is 22.5. The van der Waals surface area contributed by atoms with Gasteiger partial charge in [-0.3, -0.25) is 4.90 Å². The van der Waals surface area contributed by atoms with E-state index in [0.29, 0.717) is 11.1 Å². The van der Waals surface area contributed by atoms with Gasteiger partial charge in [-0.15, -0.1) is 0 Å². The van der Waals surface area contributed by atoms with Crippen LogP contribution in [-0.2, 0) is 14.3 Å². The molecule has 1 amide bonds. The van der Waals surface area contributed by atoms with E-state index in [4.69, 9.17) is 9.47 Å². The SMILES string of the molecule is CC(C)(C)OC(=O)N1C(c2ccccc2)OC(C(=O)O)C1c1ccccc1. The second-order valence-corrected chi connectivity index (χ2v) is 7.40. The predicted molar refractivity (Wildman–Crippen MR) is 98.9 cm³/mol. The second-order valence-electron chi connectivity index (χ2n) is 7.40. The Morgan fingerprint density at radius 2 is 1.48 bits per heavy atom. The summed E-state index contributed by atoms with van der Waals surface area (Å²) < 4.78 is 11.4. The average molecular weight is 369 g/mol. The molecule has 2 aromatic carbocycles. The molecule has 1 heterocycles. The van der Waals surface area contributed by atoms with Gasteiger partial charge in [0.15, 0.2) is 12.3 Å². The minimum atomic E-state index is -1.20. The number of carbonyl (C=O) groups is 2. The van der Waals surface area contributed by atoms with Crippen LogP contribution in [0, 0.1) is 0 Å². The maximum absolute atomic E-state index is 13.0. The lowest BCUT2D eigenvalue weighted by molar-refractivity contribution is -0.150. The van der Waals surface area contributed by atoms with E-state index in [1.807, 2.05) is 24.3 Å². The van der Waals surface area contributed by atoms with E-state index in [1.54, 1.807) is 57.2 Å². The van der Waals surface area contributed by atoms with Gasteiger partial charge in [-0.25, -0.2) is 9.59 Å². The van der Waals surface area contributed by atoms with Crippen molar-refractivity contribution in [3.8, 4) is 0 Å². The first kappa shape index (κ1) is 18.9. The summed E-state index contributed by atoms with van der Waals surface area (Å²) in [5.41, 5.74) is 0.642. The zero-order chi connectivity index (χ0) is 19.6. The molecule has 0 aromatic heterocycles. The number of hydrogen-bond acceptors (Lipinski definition) is 4. The molecule has 1 N–H and O–H groups in total. The van der Waals surface area contributed by atoms with Gasteiger partial charge in [-0.05, 0) is 26.3 Å². The van der Waals surface area contributed by atoms with Crippen molar-refractivity contribution in [3.63, 3.8) is 0 Å². The maximum atomic E-state index is 13.0. The quantitative estimate of drug-likeness (QED) is 0.880. The smallest absolute Gasteiger partial charge is 0.413 e. The van der Waals surface area contributed by atoms with Gasteiger partial charge in [0, 0.05) is 5.56 Å². The van der Waals surface area contributed by atoms with Gasteiger partial charge in [0.2, 0.25) is 0 Å². The van der Waals surface area contributed by atoms with E-state index in [1.165, 1.54) is 4.90 Å². The fourth-order valence-electron chi connectivity index (χ4n) is 3.13. The van der Waals surface area contributed by atoms with E-state index in [2.05, 4.69) is 0 Å². The second kappa shape index (κ2) is 7.40. The molecule has 1 saturated heterocycles. The Hall–Kier alpha value is -2.86. The van der Waals surface area contributed by atoms with Crippen LogP contribution in [0.1, 0.15) is 44.2 Å². The minimum Gasteiger partial charge on any atom is -0.479 e. The van der Waals surface area contributed by atoms with Crippen molar-refractivity contribution < 1.29 is 24.2 Å². The number of aliphatic carboxylic acids is 1. The molecule has 0 spiro atoms. The number of carboxylic acids is 1. The van der Waals surface area contributed by atoms with E-state index in [-0.39, 0.29) is 0 Å². The highest BCUT2D eigenvalue weighted by Crippen LogP contribution is 2.44. The molecule has 0 radical (unpaired) electrons. The van der Waals surface area contributed by atoms with Crippen LogP contribution in [0.25, 0.3) is 0 Å². The molecule has 3 atom stereocenters. The highest BCUT2D eigenvalue weighted by Gasteiger charge is 2.50. The summed E-state index contributed by atoms with van der Waals surface area (Å²) in [5, 5.41) is 9.74. The summed E-state index contributed by atoms with van der Waals surface area (Å²) in [6.45, 7) is 5.31. The van der Waals surface area contributed by atoms with E-state index < -0.39 is 36.0 Å². The third-order valence-electron chi connectivity index (χ3n) is 4.19.